The number of fused-ring (bicyclic) bond motifs is 1. The maximum Gasteiger partial charge on any atom is 0.327 e. The molecular formula is C14H21N3O4S. The van der Waals surface area contributed by atoms with Gasteiger partial charge >= 0.3 is 5.97 Å². The van der Waals surface area contributed by atoms with Crippen LogP contribution in [0.4, 0.5) is 0 Å². The third-order valence-corrected chi connectivity index (χ3v) is 6.48. The molecule has 8 heteroatoms. The number of amides is 2. The number of hydrogen-bond acceptors (Lipinski definition) is 5. The SMILES string of the molecule is CC1(C)SC2[C@H](NC(=O)C3(N)CCCC3)C(=O)N2[C@H]1C(=O)O. The molecule has 3 fully saturated rings. The van der Waals surface area contributed by atoms with E-state index >= 15 is 0 Å². The van der Waals surface area contributed by atoms with Gasteiger partial charge in [-0.15, -0.1) is 11.8 Å². The fourth-order valence-electron chi connectivity index (χ4n) is 3.66. The van der Waals surface area contributed by atoms with Gasteiger partial charge in [0.25, 0.3) is 0 Å². The number of carbonyl (C=O) groups excluding carboxylic acids is 2. The van der Waals surface area contributed by atoms with Gasteiger partial charge in [-0.3, -0.25) is 9.59 Å². The minimum Gasteiger partial charge on any atom is -0.480 e. The van der Waals surface area contributed by atoms with Crippen LogP contribution in [-0.2, 0) is 14.4 Å². The van der Waals surface area contributed by atoms with E-state index in [2.05, 4.69) is 5.32 Å². The van der Waals surface area contributed by atoms with Gasteiger partial charge in [-0.1, -0.05) is 12.8 Å². The summed E-state index contributed by atoms with van der Waals surface area (Å²) in [6.45, 7) is 3.62. The Morgan fingerprint density at radius 2 is 1.95 bits per heavy atom. The predicted molar refractivity (Wildman–Crippen MR) is 81.0 cm³/mol. The second-order valence-corrected chi connectivity index (χ2v) is 8.68. The van der Waals surface area contributed by atoms with Crippen molar-refractivity contribution in [2.24, 2.45) is 5.73 Å². The largest absolute Gasteiger partial charge is 0.480 e. The van der Waals surface area contributed by atoms with Crippen LogP contribution in [0.2, 0.25) is 0 Å². The molecule has 1 saturated carbocycles. The lowest BCUT2D eigenvalue weighted by molar-refractivity contribution is -0.161. The molecule has 3 aliphatic rings. The molecule has 0 aromatic rings. The monoisotopic (exact) mass is 327 g/mol. The zero-order valence-corrected chi connectivity index (χ0v) is 13.5. The van der Waals surface area contributed by atoms with Crippen LogP contribution in [0.1, 0.15) is 39.5 Å². The van der Waals surface area contributed by atoms with Crippen molar-refractivity contribution in [3.8, 4) is 0 Å². The Bertz CT molecular complexity index is 544. The highest BCUT2D eigenvalue weighted by molar-refractivity contribution is 8.01. The average molecular weight is 327 g/mol. The normalized spacial score (nSPS) is 35.0. The van der Waals surface area contributed by atoms with Crippen molar-refractivity contribution in [2.75, 3.05) is 0 Å². The molecular weight excluding hydrogens is 306 g/mol. The maximum absolute atomic E-state index is 12.3. The Morgan fingerprint density at radius 3 is 2.50 bits per heavy atom. The van der Waals surface area contributed by atoms with Crippen LogP contribution in [0.5, 0.6) is 0 Å². The van der Waals surface area contributed by atoms with Crippen molar-refractivity contribution >= 4 is 29.5 Å². The summed E-state index contributed by atoms with van der Waals surface area (Å²) in [6.07, 6.45) is 3.09. The van der Waals surface area contributed by atoms with Crippen molar-refractivity contribution in [3.05, 3.63) is 0 Å². The zero-order valence-electron chi connectivity index (χ0n) is 12.7. The molecule has 0 aromatic heterocycles. The second kappa shape index (κ2) is 4.86. The summed E-state index contributed by atoms with van der Waals surface area (Å²) in [5.74, 6) is -1.63. The van der Waals surface area contributed by atoms with Crippen LogP contribution in [0.3, 0.4) is 0 Å². The molecule has 4 N–H and O–H groups in total. The first kappa shape index (κ1) is 15.6. The van der Waals surface area contributed by atoms with E-state index in [1.54, 1.807) is 0 Å². The van der Waals surface area contributed by atoms with E-state index in [1.165, 1.54) is 16.7 Å². The van der Waals surface area contributed by atoms with E-state index in [4.69, 9.17) is 5.73 Å². The van der Waals surface area contributed by atoms with E-state index in [-0.39, 0.29) is 17.2 Å². The minimum atomic E-state index is -1.01. The smallest absolute Gasteiger partial charge is 0.327 e. The van der Waals surface area contributed by atoms with Gasteiger partial charge in [0, 0.05) is 4.75 Å². The molecule has 0 bridgehead atoms. The number of β-lactam (4-membered cyclic amide) rings is 1. The Morgan fingerprint density at radius 1 is 1.36 bits per heavy atom. The summed E-state index contributed by atoms with van der Waals surface area (Å²) in [7, 11) is 0. The van der Waals surface area contributed by atoms with Crippen molar-refractivity contribution in [2.45, 2.75) is 67.3 Å². The van der Waals surface area contributed by atoms with Crippen LogP contribution in [0, 0.1) is 0 Å². The Balaban J connectivity index is 1.73. The lowest BCUT2D eigenvalue weighted by Crippen LogP contribution is -2.72. The van der Waals surface area contributed by atoms with Gasteiger partial charge in [-0.2, -0.15) is 0 Å². The highest BCUT2D eigenvalue weighted by atomic mass is 32.2. The van der Waals surface area contributed by atoms with E-state index in [0.29, 0.717) is 12.8 Å². The number of aliphatic carboxylic acids is 1. The highest BCUT2D eigenvalue weighted by Gasteiger charge is 2.64. The predicted octanol–water partition coefficient (Wildman–Crippen LogP) is -0.110. The highest BCUT2D eigenvalue weighted by Crippen LogP contribution is 2.50. The summed E-state index contributed by atoms with van der Waals surface area (Å²) in [5.41, 5.74) is 5.22. The quantitative estimate of drug-likeness (QED) is 0.624. The molecule has 2 heterocycles. The van der Waals surface area contributed by atoms with Crippen molar-refractivity contribution in [3.63, 3.8) is 0 Å². The number of thioether (sulfide) groups is 1. The van der Waals surface area contributed by atoms with E-state index in [9.17, 15) is 19.5 Å². The lowest BCUT2D eigenvalue weighted by atomic mass is 9.94. The number of nitrogens with two attached hydrogens (primary N) is 1. The van der Waals surface area contributed by atoms with Crippen LogP contribution in [-0.4, -0.2) is 55.5 Å². The van der Waals surface area contributed by atoms with Gasteiger partial charge in [0.15, 0.2) is 0 Å². The van der Waals surface area contributed by atoms with Crippen LogP contribution in [0.15, 0.2) is 0 Å². The first-order chi connectivity index (χ1) is 10.2. The topological polar surface area (TPSA) is 113 Å². The van der Waals surface area contributed by atoms with Crippen LogP contribution < -0.4 is 11.1 Å². The molecule has 0 radical (unpaired) electrons. The molecule has 2 aliphatic heterocycles. The van der Waals surface area contributed by atoms with Gasteiger partial charge in [-0.05, 0) is 26.7 Å². The number of nitrogens with one attached hydrogen (secondary N) is 1. The third-order valence-electron chi connectivity index (χ3n) is 4.91. The summed E-state index contributed by atoms with van der Waals surface area (Å²) in [4.78, 5) is 37.4. The molecule has 22 heavy (non-hydrogen) atoms. The van der Waals surface area contributed by atoms with Crippen molar-refractivity contribution < 1.29 is 19.5 Å². The standard InChI is InChI=1S/C14H21N3O4S/c1-13(2)8(11(19)20)17-9(18)7(10(17)22-13)16-12(21)14(15)5-3-4-6-14/h7-8,10H,3-6,15H2,1-2H3,(H,16,21)(H,19,20)/t7-,8+,10?/m1/s1. The van der Waals surface area contributed by atoms with E-state index in [1.807, 2.05) is 13.8 Å². The molecule has 122 valence electrons. The number of carboxylic acids is 1. The fraction of sp³-hybridized carbons (Fsp3) is 0.786. The molecule has 7 nitrogen and oxygen atoms in total. The molecule has 0 spiro atoms. The number of hydrogen-bond donors (Lipinski definition) is 3. The Labute approximate surface area is 133 Å². The number of nitrogens with zero attached hydrogens (tertiary/aromatic N) is 1. The van der Waals surface area contributed by atoms with Gasteiger partial charge in [0.2, 0.25) is 11.8 Å². The molecule has 3 atom stereocenters. The first-order valence-corrected chi connectivity index (χ1v) is 8.38. The number of rotatable bonds is 3. The number of carbonyl (C=O) groups is 3. The summed E-state index contributed by atoms with van der Waals surface area (Å²) in [6, 6.07) is -1.52. The lowest BCUT2D eigenvalue weighted by Gasteiger charge is -2.44. The van der Waals surface area contributed by atoms with Gasteiger partial charge in [-0.25, -0.2) is 4.79 Å². The van der Waals surface area contributed by atoms with Crippen molar-refractivity contribution in [1.29, 1.82) is 0 Å². The number of carboxylic acid groups (broad SMARTS) is 1. The summed E-state index contributed by atoms with van der Waals surface area (Å²) < 4.78 is -0.584. The minimum absolute atomic E-state index is 0.291. The second-order valence-electron chi connectivity index (χ2n) is 6.91. The molecule has 3 rings (SSSR count). The van der Waals surface area contributed by atoms with Crippen LogP contribution >= 0.6 is 11.8 Å². The zero-order chi connectivity index (χ0) is 16.3. The van der Waals surface area contributed by atoms with Gasteiger partial charge in [0.1, 0.15) is 17.5 Å². The van der Waals surface area contributed by atoms with E-state index < -0.39 is 28.3 Å². The molecule has 1 aliphatic carbocycles. The Hall–Kier alpha value is -1.28. The molecule has 2 saturated heterocycles. The third kappa shape index (κ3) is 2.11. The van der Waals surface area contributed by atoms with Crippen molar-refractivity contribution in [1.82, 2.24) is 10.2 Å². The molecule has 1 unspecified atom stereocenters. The van der Waals surface area contributed by atoms with Gasteiger partial charge < -0.3 is 21.1 Å². The van der Waals surface area contributed by atoms with Crippen LogP contribution in [0.25, 0.3) is 0 Å². The maximum atomic E-state index is 12.3. The molecule has 0 aromatic carbocycles. The Kier molecular flexibility index (Phi) is 3.45. The summed E-state index contributed by atoms with van der Waals surface area (Å²) in [5, 5.41) is 11.8. The molecule has 2 amide bonds. The van der Waals surface area contributed by atoms with Gasteiger partial charge in [0.05, 0.1) is 5.54 Å². The average Bonchev–Trinajstić information content (AvgIpc) is 2.96. The first-order valence-electron chi connectivity index (χ1n) is 7.50. The fourth-order valence-corrected chi connectivity index (χ4v) is 5.29. The summed E-state index contributed by atoms with van der Waals surface area (Å²) >= 11 is 1.42. The van der Waals surface area contributed by atoms with E-state index in [0.717, 1.165) is 12.8 Å².